The second-order valence-corrected chi connectivity index (χ2v) is 3.63. The third kappa shape index (κ3) is 5.87. The van der Waals surface area contributed by atoms with Crippen LogP contribution in [0.15, 0.2) is 0 Å². The highest BCUT2D eigenvalue weighted by atomic mass is 32.2. The molecule has 13 heavy (non-hydrogen) atoms. The summed E-state index contributed by atoms with van der Waals surface area (Å²) in [7, 11) is 0. The van der Waals surface area contributed by atoms with Crippen LogP contribution in [0.1, 0.15) is 19.3 Å². The molecule has 6 heteroatoms. The SMILES string of the molecule is CSCCCC[C@@H](C(=O)[O-])N(O)O. The summed E-state index contributed by atoms with van der Waals surface area (Å²) in [6, 6.07) is -1.32. The highest BCUT2D eigenvalue weighted by Crippen LogP contribution is 2.07. The molecule has 0 aliphatic heterocycles. The van der Waals surface area contributed by atoms with Crippen molar-refractivity contribution in [2.24, 2.45) is 0 Å². The molecule has 0 spiro atoms. The molecule has 78 valence electrons. The number of unbranched alkanes of at least 4 members (excludes halogenated alkanes) is 1. The van der Waals surface area contributed by atoms with Crippen molar-refractivity contribution in [1.82, 2.24) is 5.23 Å². The largest absolute Gasteiger partial charge is 0.548 e. The molecule has 0 fully saturated rings. The van der Waals surface area contributed by atoms with Crippen molar-refractivity contribution in [3.8, 4) is 0 Å². The predicted molar refractivity (Wildman–Crippen MR) is 46.4 cm³/mol. The van der Waals surface area contributed by atoms with Crippen molar-refractivity contribution in [3.63, 3.8) is 0 Å². The van der Waals surface area contributed by atoms with Crippen LogP contribution < -0.4 is 5.11 Å². The summed E-state index contributed by atoms with van der Waals surface area (Å²) in [6.07, 6.45) is 3.65. The van der Waals surface area contributed by atoms with Crippen molar-refractivity contribution in [2.45, 2.75) is 25.3 Å². The van der Waals surface area contributed by atoms with Crippen molar-refractivity contribution >= 4 is 17.7 Å². The average Bonchev–Trinajstić information content (AvgIpc) is 2.02. The van der Waals surface area contributed by atoms with E-state index in [1.807, 2.05) is 6.26 Å². The Hall–Kier alpha value is -0.300. The van der Waals surface area contributed by atoms with Crippen molar-refractivity contribution in [2.75, 3.05) is 12.0 Å². The fourth-order valence-electron chi connectivity index (χ4n) is 0.912. The molecule has 0 saturated carbocycles. The first-order chi connectivity index (χ1) is 6.09. The molecule has 0 amide bonds. The van der Waals surface area contributed by atoms with Crippen LogP contribution in [-0.4, -0.2) is 39.7 Å². The quantitative estimate of drug-likeness (QED) is 0.442. The van der Waals surface area contributed by atoms with Gasteiger partial charge in [0.05, 0.1) is 5.97 Å². The Morgan fingerprint density at radius 2 is 2.15 bits per heavy atom. The summed E-state index contributed by atoms with van der Waals surface area (Å²) in [4.78, 5) is 10.3. The Balaban J connectivity index is 3.64. The fourth-order valence-corrected chi connectivity index (χ4v) is 1.40. The first-order valence-electron chi connectivity index (χ1n) is 3.96. The summed E-state index contributed by atoms with van der Waals surface area (Å²) in [5.74, 6) is -0.523. The molecular weight excluding hydrogens is 194 g/mol. The van der Waals surface area contributed by atoms with Gasteiger partial charge >= 0.3 is 0 Å². The molecule has 0 heterocycles. The smallest absolute Gasteiger partial charge is 0.102 e. The number of hydrogen-bond donors (Lipinski definition) is 2. The van der Waals surface area contributed by atoms with Gasteiger partial charge in [-0.1, -0.05) is 11.6 Å². The standard InChI is InChI=1S/C7H15NO4S/c1-13-5-3-2-4-6(7(9)10)8(11)12/h6,11-12H,2-5H2,1H3,(H,9,10)/p-1/t6-/m0/s1. The van der Waals surface area contributed by atoms with Gasteiger partial charge < -0.3 is 9.90 Å². The summed E-state index contributed by atoms with van der Waals surface area (Å²) in [6.45, 7) is 0. The normalized spacial score (nSPS) is 13.2. The van der Waals surface area contributed by atoms with Gasteiger partial charge in [-0.3, -0.25) is 10.4 Å². The van der Waals surface area contributed by atoms with Crippen LogP contribution in [0.2, 0.25) is 0 Å². The molecule has 0 saturated heterocycles. The molecule has 0 aromatic rings. The number of hydrogen-bond acceptors (Lipinski definition) is 6. The predicted octanol–water partition coefficient (Wildman–Crippen LogP) is -0.281. The first kappa shape index (κ1) is 12.7. The average molecular weight is 208 g/mol. The van der Waals surface area contributed by atoms with Gasteiger partial charge in [-0.25, -0.2) is 0 Å². The lowest BCUT2D eigenvalue weighted by atomic mass is 10.1. The van der Waals surface area contributed by atoms with E-state index in [2.05, 4.69) is 0 Å². The lowest BCUT2D eigenvalue weighted by Gasteiger charge is -2.20. The zero-order chi connectivity index (χ0) is 10.3. The van der Waals surface area contributed by atoms with Gasteiger partial charge in [0.25, 0.3) is 0 Å². The summed E-state index contributed by atoms with van der Waals surface area (Å²) in [5.41, 5.74) is 0. The number of thioether (sulfide) groups is 1. The number of hydroxylamine groups is 2. The van der Waals surface area contributed by atoms with E-state index >= 15 is 0 Å². The second kappa shape index (κ2) is 7.14. The zero-order valence-electron chi connectivity index (χ0n) is 7.47. The minimum Gasteiger partial charge on any atom is -0.548 e. The minimum absolute atomic E-state index is 0.190. The lowest BCUT2D eigenvalue weighted by Crippen LogP contribution is -2.45. The maximum atomic E-state index is 10.3. The van der Waals surface area contributed by atoms with Gasteiger partial charge in [0.2, 0.25) is 0 Å². The molecule has 0 bridgehead atoms. The Kier molecular flexibility index (Phi) is 6.97. The number of aliphatic carboxylic acids is 1. The van der Waals surface area contributed by atoms with Gasteiger partial charge in [0, 0.05) is 0 Å². The summed E-state index contributed by atoms with van der Waals surface area (Å²) in [5, 5.41) is 27.0. The van der Waals surface area contributed by atoms with Gasteiger partial charge in [-0.2, -0.15) is 11.8 Å². The highest BCUT2D eigenvalue weighted by Gasteiger charge is 2.15. The second-order valence-electron chi connectivity index (χ2n) is 2.64. The Morgan fingerprint density at radius 1 is 1.54 bits per heavy atom. The number of carboxylic acid groups (broad SMARTS) is 1. The highest BCUT2D eigenvalue weighted by molar-refractivity contribution is 7.98. The molecule has 0 aliphatic carbocycles. The van der Waals surface area contributed by atoms with E-state index < -0.39 is 12.0 Å². The van der Waals surface area contributed by atoms with E-state index in [1.54, 1.807) is 11.8 Å². The van der Waals surface area contributed by atoms with Crippen LogP contribution in [0.4, 0.5) is 0 Å². The van der Waals surface area contributed by atoms with Crippen LogP contribution in [0.3, 0.4) is 0 Å². The van der Waals surface area contributed by atoms with Crippen molar-refractivity contribution in [3.05, 3.63) is 0 Å². The molecule has 0 aliphatic rings. The first-order valence-corrected chi connectivity index (χ1v) is 5.35. The monoisotopic (exact) mass is 208 g/mol. The topological polar surface area (TPSA) is 83.8 Å². The van der Waals surface area contributed by atoms with Gasteiger partial charge in [-0.15, -0.1) is 0 Å². The van der Waals surface area contributed by atoms with Crippen molar-refractivity contribution in [1.29, 1.82) is 0 Å². The van der Waals surface area contributed by atoms with Gasteiger partial charge in [0.15, 0.2) is 0 Å². The van der Waals surface area contributed by atoms with Crippen LogP contribution in [-0.2, 0) is 4.79 Å². The van der Waals surface area contributed by atoms with Crippen LogP contribution >= 0.6 is 11.8 Å². The van der Waals surface area contributed by atoms with Gasteiger partial charge in [0.1, 0.15) is 6.04 Å². The number of nitrogens with zero attached hydrogens (tertiary/aromatic N) is 1. The molecular formula is C7H14NO4S-. The van der Waals surface area contributed by atoms with E-state index in [0.717, 1.165) is 12.2 Å². The molecule has 1 atom stereocenters. The molecule has 2 N–H and O–H groups in total. The van der Waals surface area contributed by atoms with Crippen LogP contribution in [0.25, 0.3) is 0 Å². The van der Waals surface area contributed by atoms with E-state index in [0.29, 0.717) is 6.42 Å². The van der Waals surface area contributed by atoms with Crippen LogP contribution in [0.5, 0.6) is 0 Å². The summed E-state index contributed by atoms with van der Waals surface area (Å²) < 4.78 is 0. The Bertz CT molecular complexity index is 153. The number of rotatable bonds is 7. The minimum atomic E-state index is -1.46. The Morgan fingerprint density at radius 3 is 2.54 bits per heavy atom. The molecule has 5 nitrogen and oxygen atoms in total. The fraction of sp³-hybridized carbons (Fsp3) is 0.857. The summed E-state index contributed by atoms with van der Waals surface area (Å²) >= 11 is 1.67. The maximum Gasteiger partial charge on any atom is 0.102 e. The zero-order valence-corrected chi connectivity index (χ0v) is 8.29. The molecule has 0 unspecified atom stereocenters. The lowest BCUT2D eigenvalue weighted by molar-refractivity contribution is -0.364. The van der Waals surface area contributed by atoms with Crippen molar-refractivity contribution < 1.29 is 20.3 Å². The van der Waals surface area contributed by atoms with E-state index in [1.165, 1.54) is 0 Å². The molecule has 0 radical (unpaired) electrons. The number of carbonyl (C=O) groups is 1. The third-order valence-corrected chi connectivity index (χ3v) is 2.32. The third-order valence-electron chi connectivity index (χ3n) is 1.63. The molecule has 0 aromatic heterocycles. The Labute approximate surface area is 81.3 Å². The number of carboxylic acids is 1. The van der Waals surface area contributed by atoms with Crippen LogP contribution in [0, 0.1) is 0 Å². The molecule has 0 aromatic carbocycles. The van der Waals surface area contributed by atoms with Gasteiger partial charge in [-0.05, 0) is 24.9 Å². The number of carbonyl (C=O) groups excluding carboxylic acids is 1. The van der Waals surface area contributed by atoms with E-state index in [4.69, 9.17) is 10.4 Å². The molecule has 0 rings (SSSR count). The van der Waals surface area contributed by atoms with E-state index in [-0.39, 0.29) is 11.6 Å². The van der Waals surface area contributed by atoms with E-state index in [9.17, 15) is 9.90 Å². The maximum absolute atomic E-state index is 10.3.